The van der Waals surface area contributed by atoms with Crippen LogP contribution in [-0.2, 0) is 9.53 Å². The zero-order valence-electron chi connectivity index (χ0n) is 13.4. The molecule has 0 saturated carbocycles. The largest absolute Gasteiger partial charge is 0.458 e. The maximum absolute atomic E-state index is 12.2. The summed E-state index contributed by atoms with van der Waals surface area (Å²) in [5.41, 5.74) is -0.542. The minimum absolute atomic E-state index is 0.00131. The van der Waals surface area contributed by atoms with Crippen LogP contribution in [0.1, 0.15) is 53.9 Å². The van der Waals surface area contributed by atoms with Crippen LogP contribution in [0.15, 0.2) is 0 Å². The molecule has 0 bridgehead atoms. The molecule has 0 spiro atoms. The van der Waals surface area contributed by atoms with E-state index in [-0.39, 0.29) is 17.9 Å². The molecule has 1 rings (SSSR count). The number of ether oxygens (including phenoxy) is 1. The Hall–Kier alpha value is -1.26. The second-order valence-corrected chi connectivity index (χ2v) is 6.75. The molecule has 1 aliphatic heterocycles. The molecule has 1 fully saturated rings. The Morgan fingerprint density at radius 3 is 2.10 bits per heavy atom. The Kier molecular flexibility index (Phi) is 5.84. The van der Waals surface area contributed by atoms with Crippen molar-refractivity contribution in [3.8, 4) is 0 Å². The normalized spacial score (nSPS) is 17.8. The topological polar surface area (TPSA) is 58.6 Å². The first kappa shape index (κ1) is 16.8. The van der Waals surface area contributed by atoms with E-state index in [1.165, 1.54) is 6.42 Å². The van der Waals surface area contributed by atoms with E-state index >= 15 is 0 Å². The van der Waals surface area contributed by atoms with Gasteiger partial charge in [0.25, 0.3) is 0 Å². The second kappa shape index (κ2) is 6.95. The van der Waals surface area contributed by atoms with Crippen LogP contribution in [-0.4, -0.2) is 41.6 Å². The van der Waals surface area contributed by atoms with E-state index < -0.39 is 11.6 Å². The lowest BCUT2D eigenvalue weighted by Crippen LogP contribution is -2.52. The number of likely N-dealkylation sites (tertiary alicyclic amines) is 1. The third-order valence-corrected chi connectivity index (χ3v) is 3.25. The zero-order valence-corrected chi connectivity index (χ0v) is 13.4. The van der Waals surface area contributed by atoms with Gasteiger partial charge < -0.3 is 15.0 Å². The van der Waals surface area contributed by atoms with E-state index in [1.807, 2.05) is 34.6 Å². The van der Waals surface area contributed by atoms with E-state index in [2.05, 4.69) is 5.32 Å². The molecule has 0 aliphatic carbocycles. The number of hydrogen-bond donors (Lipinski definition) is 1. The number of hydrogen-bond acceptors (Lipinski definition) is 3. The van der Waals surface area contributed by atoms with Gasteiger partial charge in [-0.05, 0) is 46.0 Å². The average molecular weight is 284 g/mol. The highest BCUT2D eigenvalue weighted by Crippen LogP contribution is 2.14. The molecule has 5 nitrogen and oxygen atoms in total. The van der Waals surface area contributed by atoms with E-state index in [0.29, 0.717) is 0 Å². The Labute approximate surface area is 122 Å². The van der Waals surface area contributed by atoms with Gasteiger partial charge in [0.15, 0.2) is 0 Å². The van der Waals surface area contributed by atoms with Crippen molar-refractivity contribution >= 4 is 12.0 Å². The van der Waals surface area contributed by atoms with Crippen molar-refractivity contribution < 1.29 is 14.3 Å². The first-order chi connectivity index (χ1) is 9.20. The molecule has 1 atom stereocenters. The number of esters is 1. The summed E-state index contributed by atoms with van der Waals surface area (Å²) in [6.07, 6.45) is 3.24. The molecule has 20 heavy (non-hydrogen) atoms. The Morgan fingerprint density at radius 1 is 1.10 bits per heavy atom. The van der Waals surface area contributed by atoms with Gasteiger partial charge in [-0.15, -0.1) is 0 Å². The number of rotatable bonds is 3. The molecule has 0 unspecified atom stereocenters. The number of carbonyl (C=O) groups is 2. The van der Waals surface area contributed by atoms with Crippen LogP contribution in [0.4, 0.5) is 4.79 Å². The number of carbonyl (C=O) groups excluding carboxylic acids is 2. The summed E-state index contributed by atoms with van der Waals surface area (Å²) in [7, 11) is 0. The van der Waals surface area contributed by atoms with Crippen molar-refractivity contribution in [3.63, 3.8) is 0 Å². The maximum Gasteiger partial charge on any atom is 0.329 e. The fourth-order valence-corrected chi connectivity index (χ4v) is 2.18. The molecule has 0 aromatic carbocycles. The third kappa shape index (κ3) is 5.39. The highest BCUT2D eigenvalue weighted by atomic mass is 16.6. The lowest BCUT2D eigenvalue weighted by atomic mass is 10.0. The first-order valence-corrected chi connectivity index (χ1v) is 7.49. The number of nitrogens with zero attached hydrogens (tertiary/aromatic N) is 1. The summed E-state index contributed by atoms with van der Waals surface area (Å²) >= 11 is 0. The third-order valence-electron chi connectivity index (χ3n) is 3.25. The second-order valence-electron chi connectivity index (χ2n) is 6.75. The highest BCUT2D eigenvalue weighted by molar-refractivity contribution is 5.84. The van der Waals surface area contributed by atoms with Crippen LogP contribution in [0.3, 0.4) is 0 Å². The molecule has 0 radical (unpaired) electrons. The fraction of sp³-hybridized carbons (Fsp3) is 0.867. The molecular formula is C15H28N2O3. The predicted molar refractivity (Wildman–Crippen MR) is 78.4 cm³/mol. The van der Waals surface area contributed by atoms with Crippen molar-refractivity contribution in [2.75, 3.05) is 13.1 Å². The summed E-state index contributed by atoms with van der Waals surface area (Å²) in [6.45, 7) is 10.8. The lowest BCUT2D eigenvalue weighted by molar-refractivity contribution is -0.158. The van der Waals surface area contributed by atoms with Crippen molar-refractivity contribution in [2.24, 2.45) is 5.92 Å². The van der Waals surface area contributed by atoms with Gasteiger partial charge in [-0.3, -0.25) is 0 Å². The molecule has 1 N–H and O–H groups in total. The molecule has 5 heteroatoms. The van der Waals surface area contributed by atoms with Crippen molar-refractivity contribution in [1.82, 2.24) is 10.2 Å². The van der Waals surface area contributed by atoms with Gasteiger partial charge in [0.2, 0.25) is 0 Å². The van der Waals surface area contributed by atoms with Gasteiger partial charge in [-0.1, -0.05) is 13.8 Å². The van der Waals surface area contributed by atoms with Gasteiger partial charge in [-0.25, -0.2) is 9.59 Å². The quantitative estimate of drug-likeness (QED) is 0.810. The SMILES string of the molecule is CC(C)[C@H](NC(=O)N1CCCCC1)C(=O)OC(C)(C)C. The van der Waals surface area contributed by atoms with Gasteiger partial charge in [0.1, 0.15) is 11.6 Å². The van der Waals surface area contributed by atoms with E-state index in [4.69, 9.17) is 4.74 Å². The van der Waals surface area contributed by atoms with Crippen LogP contribution in [0, 0.1) is 5.92 Å². The molecule has 0 aromatic rings. The van der Waals surface area contributed by atoms with E-state index in [1.54, 1.807) is 4.90 Å². The molecular weight excluding hydrogens is 256 g/mol. The average Bonchev–Trinajstić information content (AvgIpc) is 2.34. The molecule has 1 aliphatic rings. The predicted octanol–water partition coefficient (Wildman–Crippen LogP) is 2.55. The Bertz CT molecular complexity index is 342. The summed E-state index contributed by atoms with van der Waals surface area (Å²) < 4.78 is 5.38. The zero-order chi connectivity index (χ0) is 15.3. The van der Waals surface area contributed by atoms with Crippen LogP contribution >= 0.6 is 0 Å². The number of nitrogens with one attached hydrogen (secondary N) is 1. The van der Waals surface area contributed by atoms with E-state index in [0.717, 1.165) is 25.9 Å². The standard InChI is InChI=1S/C15H28N2O3/c1-11(2)12(13(18)20-15(3,4)5)16-14(19)17-9-7-6-8-10-17/h11-12H,6-10H2,1-5H3,(H,16,19)/t12-/m0/s1. The Morgan fingerprint density at radius 2 is 1.65 bits per heavy atom. The smallest absolute Gasteiger partial charge is 0.329 e. The molecule has 0 aromatic heterocycles. The number of piperidine rings is 1. The van der Waals surface area contributed by atoms with Crippen LogP contribution in [0.25, 0.3) is 0 Å². The number of urea groups is 1. The van der Waals surface area contributed by atoms with Gasteiger partial charge >= 0.3 is 12.0 Å². The van der Waals surface area contributed by atoms with Crippen LogP contribution < -0.4 is 5.32 Å². The summed E-state index contributed by atoms with van der Waals surface area (Å²) in [4.78, 5) is 26.1. The van der Waals surface area contributed by atoms with Crippen molar-refractivity contribution in [1.29, 1.82) is 0 Å². The molecule has 1 saturated heterocycles. The molecule has 116 valence electrons. The van der Waals surface area contributed by atoms with Crippen LogP contribution in [0.5, 0.6) is 0 Å². The summed E-state index contributed by atoms with van der Waals surface area (Å²) in [5.74, 6) is -0.364. The van der Waals surface area contributed by atoms with Gasteiger partial charge in [0.05, 0.1) is 0 Å². The maximum atomic E-state index is 12.2. The highest BCUT2D eigenvalue weighted by Gasteiger charge is 2.30. The van der Waals surface area contributed by atoms with Crippen molar-refractivity contribution in [3.05, 3.63) is 0 Å². The minimum atomic E-state index is -0.594. The Balaban J connectivity index is 2.62. The molecule has 1 heterocycles. The summed E-state index contributed by atoms with van der Waals surface area (Å²) in [5, 5.41) is 2.82. The van der Waals surface area contributed by atoms with Crippen molar-refractivity contribution in [2.45, 2.75) is 65.5 Å². The first-order valence-electron chi connectivity index (χ1n) is 7.49. The summed E-state index contributed by atoms with van der Waals surface area (Å²) in [6, 6.07) is -0.752. The number of amides is 2. The fourth-order valence-electron chi connectivity index (χ4n) is 2.18. The lowest BCUT2D eigenvalue weighted by Gasteiger charge is -2.31. The monoisotopic (exact) mass is 284 g/mol. The minimum Gasteiger partial charge on any atom is -0.458 e. The van der Waals surface area contributed by atoms with E-state index in [9.17, 15) is 9.59 Å². The molecule has 2 amide bonds. The van der Waals surface area contributed by atoms with Crippen LogP contribution in [0.2, 0.25) is 0 Å². The van der Waals surface area contributed by atoms with Gasteiger partial charge in [0, 0.05) is 13.1 Å². The van der Waals surface area contributed by atoms with Gasteiger partial charge in [-0.2, -0.15) is 0 Å².